The van der Waals surface area contributed by atoms with E-state index in [1.165, 1.54) is 0 Å². The van der Waals surface area contributed by atoms with Crippen LogP contribution in [0.5, 0.6) is 0 Å². The molecule has 1 aromatic rings. The molecule has 0 aliphatic rings. The van der Waals surface area contributed by atoms with Crippen LogP contribution in [-0.2, 0) is 0 Å². The monoisotopic (exact) mass is 180 g/mol. The summed E-state index contributed by atoms with van der Waals surface area (Å²) in [5.41, 5.74) is 0.242. The lowest BCUT2D eigenvalue weighted by atomic mass is 10.1. The van der Waals surface area contributed by atoms with Crippen molar-refractivity contribution in [3.63, 3.8) is 0 Å². The van der Waals surface area contributed by atoms with Gasteiger partial charge in [0, 0.05) is 13.2 Å². The van der Waals surface area contributed by atoms with E-state index in [0.717, 1.165) is 0 Å². The molecule has 0 aliphatic heterocycles. The van der Waals surface area contributed by atoms with Gasteiger partial charge in [-0.25, -0.2) is 0 Å². The molecule has 1 rings (SSSR count). The molecule has 1 heterocycles. The number of nitrogens with zero attached hydrogens (tertiary/aromatic N) is 1. The lowest BCUT2D eigenvalue weighted by Gasteiger charge is -2.19. The first-order valence-electron chi connectivity index (χ1n) is 4.22. The molecule has 3 heteroatoms. The first-order valence-corrected chi connectivity index (χ1v) is 4.22. The Morgan fingerprint density at radius 2 is 2.15 bits per heavy atom. The highest BCUT2D eigenvalue weighted by molar-refractivity contribution is 5.92. The minimum Gasteiger partial charge on any atom is -0.346 e. The molecule has 0 atom stereocenters. The van der Waals surface area contributed by atoms with Crippen molar-refractivity contribution >= 4 is 5.91 Å². The van der Waals surface area contributed by atoms with Crippen LogP contribution in [0, 0.1) is 0 Å². The van der Waals surface area contributed by atoms with Gasteiger partial charge in [0.15, 0.2) is 0 Å². The zero-order valence-electron chi connectivity index (χ0n) is 8.16. The van der Waals surface area contributed by atoms with E-state index >= 15 is 0 Å². The maximum Gasteiger partial charge on any atom is 0.270 e. The Morgan fingerprint density at radius 3 is 2.62 bits per heavy atom. The average molecular weight is 180 g/mol. The van der Waals surface area contributed by atoms with Gasteiger partial charge in [0.25, 0.3) is 5.91 Å². The van der Waals surface area contributed by atoms with Crippen LogP contribution >= 0.6 is 0 Å². The molecule has 1 N–H and O–H groups in total. The summed E-state index contributed by atoms with van der Waals surface area (Å²) in [6, 6.07) is 5.28. The summed E-state index contributed by atoms with van der Waals surface area (Å²) in [5, 5.41) is 2.83. The fourth-order valence-corrected chi connectivity index (χ4v) is 0.902. The molecule has 0 unspecified atom stereocenters. The SMILES string of the molecule is CC(C)(C)NC(=O)c1ccccn1.[HH]. The number of nitrogens with one attached hydrogen (secondary N) is 1. The summed E-state index contributed by atoms with van der Waals surface area (Å²) < 4.78 is 0. The average Bonchev–Trinajstić information content (AvgIpc) is 2.03. The number of hydrogen-bond donors (Lipinski definition) is 1. The third-order valence-electron chi connectivity index (χ3n) is 1.39. The van der Waals surface area contributed by atoms with Gasteiger partial charge in [-0.15, -0.1) is 0 Å². The van der Waals surface area contributed by atoms with E-state index in [-0.39, 0.29) is 12.9 Å². The van der Waals surface area contributed by atoms with Gasteiger partial charge < -0.3 is 5.32 Å². The van der Waals surface area contributed by atoms with E-state index in [0.29, 0.717) is 5.69 Å². The van der Waals surface area contributed by atoms with Crippen LogP contribution in [0.25, 0.3) is 0 Å². The van der Waals surface area contributed by atoms with Gasteiger partial charge in [-0.3, -0.25) is 9.78 Å². The van der Waals surface area contributed by atoms with Crippen LogP contribution in [0.1, 0.15) is 32.7 Å². The molecule has 0 radical (unpaired) electrons. The van der Waals surface area contributed by atoms with Gasteiger partial charge in [-0.2, -0.15) is 0 Å². The molecule has 1 amide bonds. The largest absolute Gasteiger partial charge is 0.346 e. The van der Waals surface area contributed by atoms with Crippen molar-refractivity contribution in [3.05, 3.63) is 30.1 Å². The van der Waals surface area contributed by atoms with Crippen LogP contribution < -0.4 is 5.32 Å². The molecule has 0 saturated heterocycles. The minimum atomic E-state index is -0.214. The summed E-state index contributed by atoms with van der Waals surface area (Å²) in [4.78, 5) is 15.4. The Balaban J connectivity index is 0.00000169. The van der Waals surface area contributed by atoms with Crippen LogP contribution in [-0.4, -0.2) is 16.4 Å². The summed E-state index contributed by atoms with van der Waals surface area (Å²) in [7, 11) is 0. The predicted octanol–water partition coefficient (Wildman–Crippen LogP) is 1.86. The second-order valence-electron chi connectivity index (χ2n) is 3.92. The van der Waals surface area contributed by atoms with Gasteiger partial charge >= 0.3 is 0 Å². The Labute approximate surface area is 79.7 Å². The number of hydrogen-bond acceptors (Lipinski definition) is 2. The molecule has 0 spiro atoms. The number of carbonyl (C=O) groups excluding carboxylic acids is 1. The fraction of sp³-hybridized carbons (Fsp3) is 0.400. The van der Waals surface area contributed by atoms with Gasteiger partial charge in [-0.05, 0) is 32.9 Å². The Kier molecular flexibility index (Phi) is 2.66. The van der Waals surface area contributed by atoms with Crippen molar-refractivity contribution in [1.29, 1.82) is 0 Å². The quantitative estimate of drug-likeness (QED) is 0.716. The van der Waals surface area contributed by atoms with E-state index < -0.39 is 0 Å². The summed E-state index contributed by atoms with van der Waals surface area (Å²) in [6.45, 7) is 5.82. The van der Waals surface area contributed by atoms with Crippen LogP contribution in [0.3, 0.4) is 0 Å². The number of rotatable bonds is 1. The van der Waals surface area contributed by atoms with E-state index in [1.54, 1.807) is 24.4 Å². The van der Waals surface area contributed by atoms with Gasteiger partial charge in [-0.1, -0.05) is 6.07 Å². The van der Waals surface area contributed by atoms with Crippen molar-refractivity contribution in [2.75, 3.05) is 0 Å². The molecule has 0 aliphatic carbocycles. The minimum absolute atomic E-state index is 0. The number of amides is 1. The van der Waals surface area contributed by atoms with Gasteiger partial charge in [0.05, 0.1) is 0 Å². The number of pyridine rings is 1. The number of aromatic nitrogens is 1. The van der Waals surface area contributed by atoms with E-state index in [1.807, 2.05) is 20.8 Å². The summed E-state index contributed by atoms with van der Waals surface area (Å²) in [6.07, 6.45) is 1.61. The number of carbonyl (C=O) groups is 1. The van der Waals surface area contributed by atoms with E-state index in [4.69, 9.17) is 0 Å². The third kappa shape index (κ3) is 3.23. The maximum atomic E-state index is 11.5. The van der Waals surface area contributed by atoms with Gasteiger partial charge in [0.1, 0.15) is 5.69 Å². The molecule has 0 fully saturated rings. The molecule has 1 aromatic heterocycles. The van der Waals surface area contributed by atoms with Gasteiger partial charge in [0.2, 0.25) is 0 Å². The molecule has 0 aromatic carbocycles. The molecule has 3 nitrogen and oxygen atoms in total. The van der Waals surface area contributed by atoms with E-state index in [2.05, 4.69) is 10.3 Å². The molecule has 0 bridgehead atoms. The summed E-state index contributed by atoms with van der Waals surface area (Å²) in [5.74, 6) is -0.131. The highest BCUT2D eigenvalue weighted by Gasteiger charge is 2.15. The topological polar surface area (TPSA) is 42.0 Å². The van der Waals surface area contributed by atoms with Crippen molar-refractivity contribution in [2.45, 2.75) is 26.3 Å². The first kappa shape index (κ1) is 9.71. The highest BCUT2D eigenvalue weighted by atomic mass is 16.2. The zero-order chi connectivity index (χ0) is 9.90. The van der Waals surface area contributed by atoms with Crippen molar-refractivity contribution < 1.29 is 6.22 Å². The van der Waals surface area contributed by atoms with Crippen LogP contribution in [0.4, 0.5) is 0 Å². The second kappa shape index (κ2) is 3.56. The van der Waals surface area contributed by atoms with Crippen LogP contribution in [0.2, 0.25) is 0 Å². The molecule has 0 saturated carbocycles. The molecule has 13 heavy (non-hydrogen) atoms. The Hall–Kier alpha value is -1.38. The molecule has 72 valence electrons. The summed E-state index contributed by atoms with van der Waals surface area (Å²) >= 11 is 0. The lowest BCUT2D eigenvalue weighted by molar-refractivity contribution is 0.0914. The second-order valence-corrected chi connectivity index (χ2v) is 3.92. The normalized spacial score (nSPS) is 11.0. The van der Waals surface area contributed by atoms with Crippen LogP contribution in [0.15, 0.2) is 24.4 Å². The zero-order valence-corrected chi connectivity index (χ0v) is 8.16. The smallest absolute Gasteiger partial charge is 0.270 e. The predicted molar refractivity (Wildman–Crippen MR) is 53.6 cm³/mol. The highest BCUT2D eigenvalue weighted by Crippen LogP contribution is 2.01. The lowest BCUT2D eigenvalue weighted by Crippen LogP contribution is -2.40. The van der Waals surface area contributed by atoms with E-state index in [9.17, 15) is 4.79 Å². The van der Waals surface area contributed by atoms with Crippen molar-refractivity contribution in [2.24, 2.45) is 0 Å². The Bertz CT molecular complexity index is 293. The fourth-order valence-electron chi connectivity index (χ4n) is 0.902. The Morgan fingerprint density at radius 1 is 1.46 bits per heavy atom. The first-order chi connectivity index (χ1) is 5.99. The molecular formula is C10H16N2O. The molecular weight excluding hydrogens is 164 g/mol. The standard InChI is InChI=1S/C10H14N2O.H2/c1-10(2,3)12-9(13)8-6-4-5-7-11-8;/h4-7H,1-3H3,(H,12,13);1H. The maximum absolute atomic E-state index is 11.5. The third-order valence-corrected chi connectivity index (χ3v) is 1.39. The van der Waals surface area contributed by atoms with Crippen molar-refractivity contribution in [1.82, 2.24) is 10.3 Å². The van der Waals surface area contributed by atoms with Crippen molar-refractivity contribution in [3.8, 4) is 0 Å².